The van der Waals surface area contributed by atoms with E-state index in [1.807, 2.05) is 13.8 Å². The molecule has 21 heavy (non-hydrogen) atoms. The van der Waals surface area contributed by atoms with Crippen LogP contribution in [0.5, 0.6) is 0 Å². The van der Waals surface area contributed by atoms with Crippen LogP contribution in [-0.4, -0.2) is 43.1 Å². The average molecular weight is 312 g/mol. The van der Waals surface area contributed by atoms with Gasteiger partial charge in [-0.2, -0.15) is 4.37 Å². The lowest BCUT2D eigenvalue weighted by Crippen LogP contribution is -2.37. The van der Waals surface area contributed by atoms with Gasteiger partial charge in [-0.1, -0.05) is 0 Å². The maximum atomic E-state index is 12.3. The SMILES string of the molecule is COCC1CCN(c2snc(N)c2C(=O)NC(C)C)CC1. The zero-order valence-corrected chi connectivity index (χ0v) is 13.7. The van der Waals surface area contributed by atoms with Crippen molar-refractivity contribution in [1.82, 2.24) is 9.69 Å². The fourth-order valence-corrected chi connectivity index (χ4v) is 3.46. The van der Waals surface area contributed by atoms with Crippen LogP contribution >= 0.6 is 11.5 Å². The summed E-state index contributed by atoms with van der Waals surface area (Å²) in [6.45, 7) is 6.50. The molecular formula is C14H24N4O2S. The summed E-state index contributed by atoms with van der Waals surface area (Å²) in [7, 11) is 1.74. The van der Waals surface area contributed by atoms with Crippen molar-refractivity contribution >= 4 is 28.3 Å². The predicted octanol–water partition coefficient (Wildman–Crippen LogP) is 1.73. The summed E-state index contributed by atoms with van der Waals surface area (Å²) in [4.78, 5) is 14.5. The number of methoxy groups -OCH3 is 1. The molecule has 1 amide bonds. The maximum Gasteiger partial charge on any atom is 0.258 e. The Bertz CT molecular complexity index is 481. The summed E-state index contributed by atoms with van der Waals surface area (Å²) >= 11 is 1.31. The highest BCUT2D eigenvalue weighted by Crippen LogP contribution is 2.33. The van der Waals surface area contributed by atoms with Crippen molar-refractivity contribution in [2.24, 2.45) is 5.92 Å². The molecule has 0 bridgehead atoms. The van der Waals surface area contributed by atoms with Gasteiger partial charge in [0.05, 0.1) is 0 Å². The van der Waals surface area contributed by atoms with Crippen molar-refractivity contribution in [2.45, 2.75) is 32.7 Å². The van der Waals surface area contributed by atoms with Crippen LogP contribution < -0.4 is 16.0 Å². The van der Waals surface area contributed by atoms with Gasteiger partial charge in [-0.3, -0.25) is 4.79 Å². The minimum atomic E-state index is -0.134. The molecule has 0 unspecified atom stereocenters. The minimum absolute atomic E-state index is 0.0806. The largest absolute Gasteiger partial charge is 0.384 e. The van der Waals surface area contributed by atoms with Gasteiger partial charge in [-0.25, -0.2) is 0 Å². The van der Waals surface area contributed by atoms with Crippen LogP contribution in [0.2, 0.25) is 0 Å². The number of aromatic nitrogens is 1. The normalized spacial score (nSPS) is 16.5. The average Bonchev–Trinajstić information content (AvgIpc) is 2.81. The Balaban J connectivity index is 2.09. The summed E-state index contributed by atoms with van der Waals surface area (Å²) < 4.78 is 9.39. The Morgan fingerprint density at radius 1 is 1.52 bits per heavy atom. The smallest absolute Gasteiger partial charge is 0.258 e. The van der Waals surface area contributed by atoms with E-state index in [1.54, 1.807) is 7.11 Å². The minimum Gasteiger partial charge on any atom is -0.384 e. The van der Waals surface area contributed by atoms with Crippen molar-refractivity contribution in [2.75, 3.05) is 37.4 Å². The van der Waals surface area contributed by atoms with Crippen molar-refractivity contribution < 1.29 is 9.53 Å². The quantitative estimate of drug-likeness (QED) is 0.865. The van der Waals surface area contributed by atoms with Crippen molar-refractivity contribution in [1.29, 1.82) is 0 Å². The van der Waals surface area contributed by atoms with E-state index < -0.39 is 0 Å². The Hall–Kier alpha value is -1.34. The number of ether oxygens (including phenoxy) is 1. The number of nitrogen functional groups attached to an aromatic ring is 1. The van der Waals surface area contributed by atoms with Gasteiger partial charge in [-0.15, -0.1) is 0 Å². The molecule has 1 aliphatic rings. The number of hydrogen-bond donors (Lipinski definition) is 2. The molecule has 0 radical (unpaired) electrons. The van der Waals surface area contributed by atoms with Crippen molar-refractivity contribution in [3.05, 3.63) is 5.56 Å². The van der Waals surface area contributed by atoms with E-state index in [0.29, 0.717) is 17.3 Å². The van der Waals surface area contributed by atoms with Crippen LogP contribution in [0.1, 0.15) is 37.0 Å². The molecule has 0 atom stereocenters. The number of nitrogens with one attached hydrogen (secondary N) is 1. The van der Waals surface area contributed by atoms with Gasteiger partial charge >= 0.3 is 0 Å². The first-order valence-electron chi connectivity index (χ1n) is 7.32. The molecule has 1 aliphatic heterocycles. The second kappa shape index (κ2) is 7.09. The molecule has 1 saturated heterocycles. The second-order valence-electron chi connectivity index (χ2n) is 5.76. The first kappa shape index (κ1) is 16.0. The number of piperidine rings is 1. The summed E-state index contributed by atoms with van der Waals surface area (Å²) in [5.41, 5.74) is 6.42. The summed E-state index contributed by atoms with van der Waals surface area (Å²) in [6, 6.07) is 0.0806. The molecule has 118 valence electrons. The number of hydrogen-bond acceptors (Lipinski definition) is 6. The molecule has 0 spiro atoms. The summed E-state index contributed by atoms with van der Waals surface area (Å²) in [5, 5.41) is 3.79. The van der Waals surface area contributed by atoms with Gasteiger partial charge in [0, 0.05) is 32.8 Å². The third-order valence-corrected chi connectivity index (χ3v) is 4.57. The molecule has 1 fully saturated rings. The topological polar surface area (TPSA) is 80.5 Å². The highest BCUT2D eigenvalue weighted by atomic mass is 32.1. The van der Waals surface area contributed by atoms with E-state index in [9.17, 15) is 4.79 Å². The summed E-state index contributed by atoms with van der Waals surface area (Å²) in [5.74, 6) is 0.793. The number of rotatable bonds is 5. The van der Waals surface area contributed by atoms with Crippen LogP contribution in [0.25, 0.3) is 0 Å². The lowest BCUT2D eigenvalue weighted by molar-refractivity contribution is 0.0944. The zero-order valence-electron chi connectivity index (χ0n) is 12.9. The number of carbonyl (C=O) groups excluding carboxylic acids is 1. The van der Waals surface area contributed by atoms with Crippen LogP contribution in [0.3, 0.4) is 0 Å². The molecule has 0 saturated carbocycles. The van der Waals surface area contributed by atoms with Gasteiger partial charge in [0.2, 0.25) is 0 Å². The molecular weight excluding hydrogens is 288 g/mol. The van der Waals surface area contributed by atoms with Gasteiger partial charge in [0.1, 0.15) is 10.6 Å². The number of nitrogens with two attached hydrogens (primary N) is 1. The standard InChI is InChI=1S/C14H24N4O2S/c1-9(2)16-13(19)11-12(15)17-21-14(11)18-6-4-10(5-7-18)8-20-3/h9-10H,4-8H2,1-3H3,(H2,15,17)(H,16,19). The number of amides is 1. The van der Waals surface area contributed by atoms with E-state index in [-0.39, 0.29) is 11.9 Å². The molecule has 6 nitrogen and oxygen atoms in total. The highest BCUT2D eigenvalue weighted by molar-refractivity contribution is 7.11. The third-order valence-electron chi connectivity index (χ3n) is 3.65. The third kappa shape index (κ3) is 3.85. The molecule has 2 heterocycles. The van der Waals surface area contributed by atoms with Gasteiger partial charge in [0.15, 0.2) is 5.82 Å². The van der Waals surface area contributed by atoms with Crippen LogP contribution in [0.4, 0.5) is 10.8 Å². The fraction of sp³-hybridized carbons (Fsp3) is 0.714. The van der Waals surface area contributed by atoms with E-state index in [1.165, 1.54) is 11.5 Å². The lowest BCUT2D eigenvalue weighted by Gasteiger charge is -2.32. The van der Waals surface area contributed by atoms with E-state index in [0.717, 1.165) is 37.5 Å². The first-order chi connectivity index (χ1) is 10.0. The van der Waals surface area contributed by atoms with E-state index >= 15 is 0 Å². The van der Waals surface area contributed by atoms with Crippen LogP contribution in [0.15, 0.2) is 0 Å². The molecule has 2 rings (SSSR count). The zero-order chi connectivity index (χ0) is 15.4. The van der Waals surface area contributed by atoms with Crippen LogP contribution in [0, 0.1) is 5.92 Å². The van der Waals surface area contributed by atoms with Gasteiger partial charge in [0.25, 0.3) is 5.91 Å². The number of carbonyl (C=O) groups is 1. The Kier molecular flexibility index (Phi) is 5.41. The molecule has 7 heteroatoms. The van der Waals surface area contributed by atoms with Crippen LogP contribution in [-0.2, 0) is 4.74 Å². The lowest BCUT2D eigenvalue weighted by atomic mass is 9.98. The fourth-order valence-electron chi connectivity index (χ4n) is 2.60. The monoisotopic (exact) mass is 312 g/mol. The van der Waals surface area contributed by atoms with Crippen molar-refractivity contribution in [3.63, 3.8) is 0 Å². The number of anilines is 2. The molecule has 3 N–H and O–H groups in total. The molecule has 1 aromatic heterocycles. The highest BCUT2D eigenvalue weighted by Gasteiger charge is 2.27. The van der Waals surface area contributed by atoms with Gasteiger partial charge in [-0.05, 0) is 44.1 Å². The molecule has 0 aliphatic carbocycles. The maximum absolute atomic E-state index is 12.3. The van der Waals surface area contributed by atoms with E-state index in [4.69, 9.17) is 10.5 Å². The molecule has 1 aromatic rings. The number of nitrogens with zero attached hydrogens (tertiary/aromatic N) is 2. The second-order valence-corrected chi connectivity index (χ2v) is 6.51. The van der Waals surface area contributed by atoms with E-state index in [2.05, 4.69) is 14.6 Å². The van der Waals surface area contributed by atoms with Crippen molar-refractivity contribution in [3.8, 4) is 0 Å². The van der Waals surface area contributed by atoms with Gasteiger partial charge < -0.3 is 20.7 Å². The summed E-state index contributed by atoms with van der Waals surface area (Å²) in [6.07, 6.45) is 2.13. The Morgan fingerprint density at radius 2 is 2.19 bits per heavy atom. The predicted molar refractivity (Wildman–Crippen MR) is 85.9 cm³/mol. The Morgan fingerprint density at radius 3 is 2.76 bits per heavy atom. The first-order valence-corrected chi connectivity index (χ1v) is 8.10. The Labute approximate surface area is 129 Å². The molecule has 0 aromatic carbocycles.